The maximum absolute atomic E-state index is 13.4. The van der Waals surface area contributed by atoms with E-state index in [1.54, 1.807) is 48.5 Å². The Bertz CT molecular complexity index is 2290. The Labute approximate surface area is 595 Å². The molecule has 0 N–H and O–H groups in total. The normalized spacial score (nSPS) is 11.3. The molecule has 4 aromatic rings. The van der Waals surface area contributed by atoms with E-state index in [4.69, 9.17) is 9.47 Å². The Hall–Kier alpha value is -5.24. The lowest BCUT2D eigenvalue weighted by molar-refractivity contribution is 0.0725. The standard InChI is InChI=1S/C89H142N2O6/c1-5-9-13-17-21-25-29-33-37-41-45-49-53-73-90(74-54-50-46-42-38-34-30-26-22-18-14-10-6-2)82-65-57-80(58-66-82)88(94)96-84-69-61-78(62-70-84)86(92)77-87(93)79-63-71-85(72-64-79)97-89(95)81-59-67-83(68-60-81)91(75-55-51-47-43-39-35-31-27-23-19-15-11-7-3)76-56-52-48-44-40-36-32-28-24-20-16-12-8-4/h57-72H,5-56,73-77H2,1-4H3. The summed E-state index contributed by atoms with van der Waals surface area (Å²) >= 11 is 0. The minimum Gasteiger partial charge on any atom is -0.423 e. The molecule has 0 aliphatic carbocycles. The first kappa shape index (κ1) is 84.2. The third-order valence-electron chi connectivity index (χ3n) is 20.2. The van der Waals surface area contributed by atoms with Crippen molar-refractivity contribution >= 4 is 34.9 Å². The van der Waals surface area contributed by atoms with Crippen LogP contribution in [-0.2, 0) is 0 Å². The lowest BCUT2D eigenvalue weighted by Crippen LogP contribution is -2.25. The van der Waals surface area contributed by atoms with Crippen LogP contribution in [0.2, 0.25) is 0 Å². The molecule has 4 aromatic carbocycles. The van der Waals surface area contributed by atoms with Gasteiger partial charge >= 0.3 is 11.9 Å². The molecule has 0 amide bonds. The van der Waals surface area contributed by atoms with E-state index in [1.165, 1.54) is 334 Å². The Morgan fingerprint density at radius 3 is 0.598 bits per heavy atom. The van der Waals surface area contributed by atoms with Crippen LogP contribution in [0.5, 0.6) is 11.5 Å². The molecule has 0 unspecified atom stereocenters. The predicted octanol–water partition coefficient (Wildman–Crippen LogP) is 27.6. The van der Waals surface area contributed by atoms with Crippen LogP contribution >= 0.6 is 0 Å². The van der Waals surface area contributed by atoms with Crippen LogP contribution in [0.4, 0.5) is 11.4 Å². The van der Waals surface area contributed by atoms with Gasteiger partial charge < -0.3 is 19.3 Å². The van der Waals surface area contributed by atoms with Gasteiger partial charge in [0.25, 0.3) is 0 Å². The molecular weight excluding hydrogens is 1190 g/mol. The molecular formula is C89H142N2O6. The SMILES string of the molecule is CCCCCCCCCCCCCCCN(CCCCCCCCCCCCCCC)c1ccc(C(=O)Oc2ccc(C(=O)CC(=O)c3ccc(OC(=O)c4ccc(N(CCCCCCCCCCCCCCC)CCCCCCCCCCCCCCC)cc4)cc3)cc2)cc1. The summed E-state index contributed by atoms with van der Waals surface area (Å²) in [6, 6.07) is 28.5. The summed E-state index contributed by atoms with van der Waals surface area (Å²) < 4.78 is 11.6. The third kappa shape index (κ3) is 41.8. The van der Waals surface area contributed by atoms with Gasteiger partial charge in [0.1, 0.15) is 11.5 Å². The van der Waals surface area contributed by atoms with E-state index in [9.17, 15) is 19.2 Å². The number of ether oxygens (including phenoxy) is 2. The monoisotopic (exact) mass is 1340 g/mol. The molecule has 0 saturated carbocycles. The number of benzene rings is 4. The predicted molar refractivity (Wildman–Crippen MR) is 416 cm³/mol. The van der Waals surface area contributed by atoms with E-state index < -0.39 is 11.9 Å². The van der Waals surface area contributed by atoms with Gasteiger partial charge in [-0.25, -0.2) is 9.59 Å². The summed E-state index contributed by atoms with van der Waals surface area (Å²) in [6.07, 6.45) is 69.5. The first-order chi connectivity index (χ1) is 47.8. The number of Topliss-reactive ketones (excluding diaryl/α,β-unsaturated/α-hetero) is 2. The molecule has 8 heteroatoms. The van der Waals surface area contributed by atoms with Crippen molar-refractivity contribution in [3.63, 3.8) is 0 Å². The van der Waals surface area contributed by atoms with Crippen LogP contribution in [0.3, 0.4) is 0 Å². The van der Waals surface area contributed by atoms with Gasteiger partial charge in [0.05, 0.1) is 17.5 Å². The van der Waals surface area contributed by atoms with Crippen LogP contribution in [0.1, 0.15) is 409 Å². The molecule has 0 saturated heterocycles. The molecule has 0 bridgehead atoms. The van der Waals surface area contributed by atoms with Crippen molar-refractivity contribution in [1.82, 2.24) is 0 Å². The van der Waals surface area contributed by atoms with Gasteiger partial charge in [0.15, 0.2) is 11.6 Å². The molecule has 0 aromatic heterocycles. The molecule has 8 nitrogen and oxygen atoms in total. The van der Waals surface area contributed by atoms with E-state index >= 15 is 0 Å². The lowest BCUT2D eigenvalue weighted by atomic mass is 10.0. The van der Waals surface area contributed by atoms with E-state index in [0.717, 1.165) is 37.6 Å². The van der Waals surface area contributed by atoms with Crippen LogP contribution in [0, 0.1) is 0 Å². The Kier molecular flexibility index (Phi) is 50.8. The highest BCUT2D eigenvalue weighted by Crippen LogP contribution is 2.26. The average molecular weight is 1340 g/mol. The maximum Gasteiger partial charge on any atom is 0.343 e. The summed E-state index contributed by atoms with van der Waals surface area (Å²) in [5.74, 6) is -0.947. The molecule has 0 radical (unpaired) electrons. The zero-order chi connectivity index (χ0) is 69.1. The van der Waals surface area contributed by atoms with Gasteiger partial charge in [-0.3, -0.25) is 9.59 Å². The lowest BCUT2D eigenvalue weighted by Gasteiger charge is -2.25. The second-order valence-corrected chi connectivity index (χ2v) is 28.9. The fourth-order valence-electron chi connectivity index (χ4n) is 13.7. The van der Waals surface area contributed by atoms with Crippen molar-refractivity contribution in [1.29, 1.82) is 0 Å². The number of esters is 2. The number of hydrogen-bond donors (Lipinski definition) is 0. The van der Waals surface area contributed by atoms with E-state index in [0.29, 0.717) is 33.8 Å². The number of carbonyl (C=O) groups is 4. The fourth-order valence-corrected chi connectivity index (χ4v) is 13.7. The summed E-state index contributed by atoms with van der Waals surface area (Å²) in [6.45, 7) is 13.2. The zero-order valence-corrected chi connectivity index (χ0v) is 62.9. The first-order valence-electron chi connectivity index (χ1n) is 41.2. The number of hydrogen-bond acceptors (Lipinski definition) is 8. The second-order valence-electron chi connectivity index (χ2n) is 28.9. The Morgan fingerprint density at radius 2 is 0.402 bits per heavy atom. The van der Waals surface area contributed by atoms with Crippen molar-refractivity contribution < 1.29 is 28.7 Å². The second kappa shape index (κ2) is 58.5. The summed E-state index contributed by atoms with van der Waals surface area (Å²) in [7, 11) is 0. The Morgan fingerprint density at radius 1 is 0.227 bits per heavy atom. The Balaban J connectivity index is 1.21. The quantitative estimate of drug-likeness (QED) is 0.0142. The maximum atomic E-state index is 13.4. The molecule has 97 heavy (non-hydrogen) atoms. The minimum atomic E-state index is -0.458. The smallest absolute Gasteiger partial charge is 0.343 e. The van der Waals surface area contributed by atoms with Crippen molar-refractivity contribution in [3.05, 3.63) is 119 Å². The van der Waals surface area contributed by atoms with Crippen molar-refractivity contribution in [2.24, 2.45) is 0 Å². The molecule has 544 valence electrons. The van der Waals surface area contributed by atoms with Crippen LogP contribution in [-0.4, -0.2) is 49.7 Å². The number of carbonyl (C=O) groups excluding carboxylic acids is 4. The molecule has 0 atom stereocenters. The molecule has 0 aliphatic rings. The highest BCUT2D eigenvalue weighted by Gasteiger charge is 2.18. The van der Waals surface area contributed by atoms with Gasteiger partial charge in [-0.15, -0.1) is 0 Å². The van der Waals surface area contributed by atoms with Crippen molar-refractivity contribution in [3.8, 4) is 11.5 Å². The van der Waals surface area contributed by atoms with Crippen LogP contribution in [0.15, 0.2) is 97.1 Å². The number of nitrogens with zero attached hydrogens (tertiary/aromatic N) is 2. The van der Waals surface area contributed by atoms with Gasteiger partial charge in [0, 0.05) is 48.7 Å². The van der Waals surface area contributed by atoms with Gasteiger partial charge in [-0.2, -0.15) is 0 Å². The highest BCUT2D eigenvalue weighted by molar-refractivity contribution is 6.13. The van der Waals surface area contributed by atoms with Crippen molar-refractivity contribution in [2.75, 3.05) is 36.0 Å². The average Bonchev–Trinajstić information content (AvgIpc) is 1.10. The number of anilines is 2. The van der Waals surface area contributed by atoms with Crippen molar-refractivity contribution in [2.45, 2.75) is 368 Å². The van der Waals surface area contributed by atoms with Gasteiger partial charge in [0.2, 0.25) is 0 Å². The largest absolute Gasteiger partial charge is 0.423 e. The topological polar surface area (TPSA) is 93.2 Å². The van der Waals surface area contributed by atoms with E-state index in [-0.39, 0.29) is 18.0 Å². The zero-order valence-electron chi connectivity index (χ0n) is 62.9. The highest BCUT2D eigenvalue weighted by atomic mass is 16.5. The summed E-state index contributed by atoms with van der Waals surface area (Å²) in [5.41, 5.74) is 3.94. The molecule has 0 heterocycles. The number of rotatable bonds is 66. The third-order valence-corrected chi connectivity index (χ3v) is 20.2. The molecule has 0 spiro atoms. The summed E-state index contributed by atoms with van der Waals surface area (Å²) in [5, 5.41) is 0. The van der Waals surface area contributed by atoms with Gasteiger partial charge in [-0.1, -0.05) is 336 Å². The minimum absolute atomic E-state index is 0.326. The van der Waals surface area contributed by atoms with Crippen LogP contribution < -0.4 is 19.3 Å². The number of ketones is 2. The van der Waals surface area contributed by atoms with Crippen LogP contribution in [0.25, 0.3) is 0 Å². The summed E-state index contributed by atoms with van der Waals surface area (Å²) in [4.78, 5) is 58.7. The van der Waals surface area contributed by atoms with E-state index in [1.807, 2.05) is 24.3 Å². The molecule has 4 rings (SSSR count). The fraction of sp³-hybridized carbons (Fsp3) is 0.685. The molecule has 0 aliphatic heterocycles. The number of unbranched alkanes of at least 4 members (excludes halogenated alkanes) is 48. The van der Waals surface area contributed by atoms with Gasteiger partial charge in [-0.05, 0) is 123 Å². The first-order valence-corrected chi connectivity index (χ1v) is 41.2. The van der Waals surface area contributed by atoms with E-state index in [2.05, 4.69) is 61.8 Å². The molecule has 0 fully saturated rings.